The van der Waals surface area contributed by atoms with Crippen molar-refractivity contribution in [3.63, 3.8) is 0 Å². The van der Waals surface area contributed by atoms with Crippen LogP contribution in [0.25, 0.3) is 12.2 Å². The SMILES string of the molecule is O[C@H]1c2cc3c(cc2C=C[C@@H]1N1CCN(c2ccccc2)CC1)CC=C3. The van der Waals surface area contributed by atoms with E-state index in [1.165, 1.54) is 22.4 Å². The molecule has 0 saturated carbocycles. The molecule has 1 aliphatic heterocycles. The van der Waals surface area contributed by atoms with Crippen LogP contribution in [0.15, 0.2) is 54.6 Å². The van der Waals surface area contributed by atoms with Crippen LogP contribution >= 0.6 is 0 Å². The summed E-state index contributed by atoms with van der Waals surface area (Å²) < 4.78 is 0. The number of hydrogen-bond donors (Lipinski definition) is 1. The van der Waals surface area contributed by atoms with Gasteiger partial charge in [0, 0.05) is 31.9 Å². The zero-order valence-electron chi connectivity index (χ0n) is 14.9. The van der Waals surface area contributed by atoms with Crippen molar-refractivity contribution >= 4 is 17.8 Å². The second-order valence-electron chi connectivity index (χ2n) is 7.44. The average molecular weight is 344 g/mol. The molecule has 5 rings (SSSR count). The van der Waals surface area contributed by atoms with Crippen molar-refractivity contribution < 1.29 is 5.11 Å². The van der Waals surface area contributed by atoms with Gasteiger partial charge >= 0.3 is 0 Å². The molecule has 1 fully saturated rings. The fourth-order valence-electron chi connectivity index (χ4n) is 4.47. The highest BCUT2D eigenvalue weighted by Crippen LogP contribution is 2.35. The first-order chi connectivity index (χ1) is 12.8. The van der Waals surface area contributed by atoms with Crippen molar-refractivity contribution in [1.29, 1.82) is 0 Å². The third kappa shape index (κ3) is 2.68. The van der Waals surface area contributed by atoms with Crippen LogP contribution in [-0.4, -0.2) is 42.2 Å². The summed E-state index contributed by atoms with van der Waals surface area (Å²) in [5, 5.41) is 11.1. The van der Waals surface area contributed by atoms with E-state index in [1.807, 2.05) is 0 Å². The average Bonchev–Trinajstić information content (AvgIpc) is 3.15. The number of allylic oxidation sites excluding steroid dienone is 1. The van der Waals surface area contributed by atoms with Gasteiger partial charge in [0.25, 0.3) is 0 Å². The minimum absolute atomic E-state index is 0.0730. The molecule has 3 nitrogen and oxygen atoms in total. The Hall–Kier alpha value is -2.36. The monoisotopic (exact) mass is 344 g/mol. The Kier molecular flexibility index (Phi) is 3.92. The van der Waals surface area contributed by atoms with Crippen molar-refractivity contribution in [3.05, 3.63) is 76.9 Å². The molecule has 1 N–H and O–H groups in total. The second-order valence-corrected chi connectivity index (χ2v) is 7.44. The third-order valence-corrected chi connectivity index (χ3v) is 5.95. The summed E-state index contributed by atoms with van der Waals surface area (Å²) in [5.74, 6) is 0. The van der Waals surface area contributed by atoms with Crippen LogP contribution in [0.4, 0.5) is 5.69 Å². The van der Waals surface area contributed by atoms with Gasteiger partial charge < -0.3 is 10.0 Å². The molecule has 26 heavy (non-hydrogen) atoms. The summed E-state index contributed by atoms with van der Waals surface area (Å²) in [6, 6.07) is 15.1. The lowest BCUT2D eigenvalue weighted by atomic mass is 9.87. The van der Waals surface area contributed by atoms with Crippen LogP contribution in [-0.2, 0) is 6.42 Å². The molecule has 3 aliphatic rings. The summed E-state index contributed by atoms with van der Waals surface area (Å²) in [5.41, 5.74) is 6.19. The van der Waals surface area contributed by atoms with Crippen LogP contribution in [0.3, 0.4) is 0 Å². The normalized spacial score (nSPS) is 24.6. The summed E-state index contributed by atoms with van der Waals surface area (Å²) >= 11 is 0. The van der Waals surface area contributed by atoms with Gasteiger partial charge in [-0.15, -0.1) is 0 Å². The van der Waals surface area contributed by atoms with E-state index in [-0.39, 0.29) is 6.04 Å². The first-order valence-electron chi connectivity index (χ1n) is 9.53. The number of hydrogen-bond acceptors (Lipinski definition) is 3. The van der Waals surface area contributed by atoms with E-state index >= 15 is 0 Å². The zero-order chi connectivity index (χ0) is 17.5. The number of rotatable bonds is 2. The molecule has 2 aromatic rings. The van der Waals surface area contributed by atoms with Crippen molar-refractivity contribution in [2.45, 2.75) is 18.6 Å². The van der Waals surface area contributed by atoms with E-state index in [9.17, 15) is 5.11 Å². The van der Waals surface area contributed by atoms with Gasteiger partial charge in [-0.1, -0.05) is 48.6 Å². The highest BCUT2D eigenvalue weighted by Gasteiger charge is 2.32. The van der Waals surface area contributed by atoms with Crippen molar-refractivity contribution in [2.24, 2.45) is 0 Å². The van der Waals surface area contributed by atoms with Crippen LogP contribution in [0, 0.1) is 0 Å². The Morgan fingerprint density at radius 3 is 2.50 bits per heavy atom. The molecule has 0 radical (unpaired) electrons. The Balaban J connectivity index is 1.32. The van der Waals surface area contributed by atoms with Crippen molar-refractivity contribution in [2.75, 3.05) is 31.1 Å². The van der Waals surface area contributed by atoms with Gasteiger partial charge in [-0.25, -0.2) is 0 Å². The molecule has 0 unspecified atom stereocenters. The molecule has 2 aromatic carbocycles. The van der Waals surface area contributed by atoms with Gasteiger partial charge in [-0.05, 0) is 46.9 Å². The van der Waals surface area contributed by atoms with Crippen LogP contribution in [0.1, 0.15) is 28.4 Å². The number of nitrogens with zero attached hydrogens (tertiary/aromatic N) is 2. The lowest BCUT2D eigenvalue weighted by molar-refractivity contribution is 0.0684. The highest BCUT2D eigenvalue weighted by atomic mass is 16.3. The molecular weight excluding hydrogens is 320 g/mol. The van der Waals surface area contributed by atoms with Crippen LogP contribution in [0.2, 0.25) is 0 Å². The fourth-order valence-corrected chi connectivity index (χ4v) is 4.47. The van der Waals surface area contributed by atoms with Gasteiger partial charge in [-0.3, -0.25) is 4.90 Å². The van der Waals surface area contributed by atoms with E-state index in [0.717, 1.165) is 38.2 Å². The summed E-state index contributed by atoms with van der Waals surface area (Å²) in [6.07, 6.45) is 9.34. The lowest BCUT2D eigenvalue weighted by Gasteiger charge is -2.42. The number of aliphatic hydroxyl groups excluding tert-OH is 1. The molecule has 132 valence electrons. The zero-order valence-corrected chi connectivity index (χ0v) is 14.9. The minimum Gasteiger partial charge on any atom is -0.386 e. The molecule has 0 amide bonds. The van der Waals surface area contributed by atoms with Gasteiger partial charge in [0.1, 0.15) is 0 Å². The van der Waals surface area contributed by atoms with E-state index in [4.69, 9.17) is 0 Å². The number of benzene rings is 2. The number of fused-ring (bicyclic) bond motifs is 2. The predicted octanol–water partition coefficient (Wildman–Crippen LogP) is 3.51. The third-order valence-electron chi connectivity index (χ3n) is 5.95. The Morgan fingerprint density at radius 2 is 1.69 bits per heavy atom. The molecule has 0 spiro atoms. The second kappa shape index (κ2) is 6.42. The van der Waals surface area contributed by atoms with Gasteiger partial charge in [-0.2, -0.15) is 0 Å². The first-order valence-corrected chi connectivity index (χ1v) is 9.53. The number of para-hydroxylation sites is 1. The molecule has 1 saturated heterocycles. The molecule has 3 heteroatoms. The largest absolute Gasteiger partial charge is 0.386 e. The van der Waals surface area contributed by atoms with E-state index in [0.29, 0.717) is 0 Å². The summed E-state index contributed by atoms with van der Waals surface area (Å²) in [6.45, 7) is 3.95. The maximum atomic E-state index is 11.1. The highest BCUT2D eigenvalue weighted by molar-refractivity contribution is 5.68. The van der Waals surface area contributed by atoms with Gasteiger partial charge in [0.15, 0.2) is 0 Å². The Labute approximate surface area is 154 Å². The number of piperazine rings is 1. The van der Waals surface area contributed by atoms with Gasteiger partial charge in [0.05, 0.1) is 12.1 Å². The first kappa shape index (κ1) is 15.9. The quantitative estimate of drug-likeness (QED) is 0.903. The maximum Gasteiger partial charge on any atom is 0.0987 e. The van der Waals surface area contributed by atoms with Crippen LogP contribution in [0.5, 0.6) is 0 Å². The molecule has 2 atom stereocenters. The lowest BCUT2D eigenvalue weighted by Crippen LogP contribution is -2.51. The fraction of sp³-hybridized carbons (Fsp3) is 0.304. The molecule has 0 bridgehead atoms. The molecule has 2 aliphatic carbocycles. The van der Waals surface area contributed by atoms with E-state index in [2.05, 4.69) is 76.6 Å². The molecule has 0 aromatic heterocycles. The van der Waals surface area contributed by atoms with E-state index < -0.39 is 6.10 Å². The van der Waals surface area contributed by atoms with Crippen molar-refractivity contribution in [1.82, 2.24) is 4.90 Å². The van der Waals surface area contributed by atoms with Gasteiger partial charge in [0.2, 0.25) is 0 Å². The Morgan fingerprint density at radius 1 is 0.885 bits per heavy atom. The van der Waals surface area contributed by atoms with Crippen LogP contribution < -0.4 is 4.90 Å². The predicted molar refractivity (Wildman–Crippen MR) is 107 cm³/mol. The standard InChI is InChI=1S/C23H24N2O/c26-23-21-16-18-6-4-5-17(18)15-19(21)9-10-22(23)25-13-11-24(12-14-25)20-7-2-1-3-8-20/h1-4,6-10,15-16,22-23,26H,5,11-14H2/t22-,23-/m0/s1. The minimum atomic E-state index is -0.447. The number of anilines is 1. The maximum absolute atomic E-state index is 11.1. The van der Waals surface area contributed by atoms with Crippen molar-refractivity contribution in [3.8, 4) is 0 Å². The summed E-state index contributed by atoms with van der Waals surface area (Å²) in [7, 11) is 0. The topological polar surface area (TPSA) is 26.7 Å². The molecule has 1 heterocycles. The number of aliphatic hydroxyl groups is 1. The van der Waals surface area contributed by atoms with E-state index in [1.54, 1.807) is 0 Å². The Bertz CT molecular complexity index is 863. The summed E-state index contributed by atoms with van der Waals surface area (Å²) in [4.78, 5) is 4.85. The molecular formula is C23H24N2O. The smallest absolute Gasteiger partial charge is 0.0987 e.